The minimum absolute atomic E-state index is 0.302. The highest BCUT2D eigenvalue weighted by atomic mass is 79.9. The fraction of sp³-hybridized carbons (Fsp3) is 0.300. The first-order valence-corrected chi connectivity index (χ1v) is 5.98. The predicted octanol–water partition coefficient (Wildman–Crippen LogP) is 3.26. The molecule has 0 saturated carbocycles. The van der Waals surface area contributed by atoms with Crippen molar-refractivity contribution in [2.24, 2.45) is 5.92 Å². The first-order valence-electron chi connectivity index (χ1n) is 4.21. The molecule has 0 bridgehead atoms. The third-order valence-electron chi connectivity index (χ3n) is 1.74. The van der Waals surface area contributed by atoms with Crippen molar-refractivity contribution in [2.75, 3.05) is 5.75 Å². The average Bonchev–Trinajstić information content (AvgIpc) is 2.16. The number of carbonyl (C=O) groups is 1. The number of carboxylic acid groups (broad SMARTS) is 1. The molecule has 1 aromatic rings. The van der Waals surface area contributed by atoms with Crippen molar-refractivity contribution >= 4 is 33.7 Å². The molecule has 0 amide bonds. The number of hydrogen-bond donors (Lipinski definition) is 1. The predicted molar refractivity (Wildman–Crippen MR) is 61.7 cm³/mol. The summed E-state index contributed by atoms with van der Waals surface area (Å²) in [6, 6.07) is 7.86. The summed E-state index contributed by atoms with van der Waals surface area (Å²) in [5, 5.41) is 8.68. The number of thioether (sulfide) groups is 1. The Balaban J connectivity index is 2.46. The summed E-state index contributed by atoms with van der Waals surface area (Å²) in [7, 11) is 0. The molecule has 0 aliphatic rings. The molecule has 0 fully saturated rings. The molecule has 0 aliphatic heterocycles. The maximum absolute atomic E-state index is 10.6. The second kappa shape index (κ2) is 5.41. The molecule has 4 heteroatoms. The first kappa shape index (κ1) is 11.6. The van der Waals surface area contributed by atoms with Gasteiger partial charge in [0.1, 0.15) is 0 Å². The van der Waals surface area contributed by atoms with E-state index in [0.29, 0.717) is 5.75 Å². The molecule has 0 radical (unpaired) electrons. The average molecular weight is 275 g/mol. The molecular weight excluding hydrogens is 264 g/mol. The van der Waals surface area contributed by atoms with Crippen molar-refractivity contribution in [3.63, 3.8) is 0 Å². The van der Waals surface area contributed by atoms with Gasteiger partial charge in [-0.2, -0.15) is 0 Å². The molecule has 76 valence electrons. The Morgan fingerprint density at radius 2 is 2.07 bits per heavy atom. The van der Waals surface area contributed by atoms with Crippen LogP contribution < -0.4 is 0 Å². The highest BCUT2D eigenvalue weighted by Gasteiger charge is 2.10. The molecular formula is C10H11BrO2S. The van der Waals surface area contributed by atoms with Gasteiger partial charge in [0.25, 0.3) is 0 Å². The standard InChI is InChI=1S/C10H11BrO2S/c1-7(10(12)13)6-14-9-4-2-8(11)3-5-9/h2-5,7H,6H2,1H3,(H,12,13). The Morgan fingerprint density at radius 3 is 2.57 bits per heavy atom. The van der Waals surface area contributed by atoms with E-state index < -0.39 is 5.97 Å². The zero-order chi connectivity index (χ0) is 10.6. The molecule has 1 atom stereocenters. The van der Waals surface area contributed by atoms with Crippen molar-refractivity contribution in [2.45, 2.75) is 11.8 Å². The number of carboxylic acids is 1. The zero-order valence-corrected chi connectivity index (χ0v) is 10.1. The fourth-order valence-corrected chi connectivity index (χ4v) is 2.00. The largest absolute Gasteiger partial charge is 0.481 e. The lowest BCUT2D eigenvalue weighted by molar-refractivity contribution is -0.140. The van der Waals surface area contributed by atoms with Gasteiger partial charge in [0.15, 0.2) is 0 Å². The highest BCUT2D eigenvalue weighted by molar-refractivity contribution is 9.10. The van der Waals surface area contributed by atoms with Crippen molar-refractivity contribution in [3.05, 3.63) is 28.7 Å². The molecule has 0 saturated heterocycles. The molecule has 2 nitrogen and oxygen atoms in total. The minimum Gasteiger partial charge on any atom is -0.481 e. The molecule has 1 rings (SSSR count). The van der Waals surface area contributed by atoms with Gasteiger partial charge in [0.2, 0.25) is 0 Å². The van der Waals surface area contributed by atoms with Gasteiger partial charge < -0.3 is 5.11 Å². The van der Waals surface area contributed by atoms with E-state index in [9.17, 15) is 4.79 Å². The van der Waals surface area contributed by atoms with Crippen LogP contribution in [0.25, 0.3) is 0 Å². The maximum atomic E-state index is 10.6. The Bertz CT molecular complexity index is 310. The lowest BCUT2D eigenvalue weighted by Gasteiger charge is -2.05. The van der Waals surface area contributed by atoms with Gasteiger partial charge in [0.05, 0.1) is 5.92 Å². The van der Waals surface area contributed by atoms with Gasteiger partial charge in [-0.1, -0.05) is 22.9 Å². The van der Waals surface area contributed by atoms with Crippen LogP contribution in [0.4, 0.5) is 0 Å². The Hall–Kier alpha value is -0.480. The van der Waals surface area contributed by atoms with Crippen LogP contribution in [0.2, 0.25) is 0 Å². The van der Waals surface area contributed by atoms with Gasteiger partial charge in [-0.3, -0.25) is 4.79 Å². The minimum atomic E-state index is -0.741. The van der Waals surface area contributed by atoms with Crippen LogP contribution in [-0.4, -0.2) is 16.8 Å². The topological polar surface area (TPSA) is 37.3 Å². The number of hydrogen-bond acceptors (Lipinski definition) is 2. The van der Waals surface area contributed by atoms with E-state index >= 15 is 0 Å². The van der Waals surface area contributed by atoms with Crippen LogP contribution in [0.1, 0.15) is 6.92 Å². The number of aliphatic carboxylic acids is 1. The van der Waals surface area contributed by atoms with Gasteiger partial charge in [0, 0.05) is 15.1 Å². The molecule has 1 aromatic carbocycles. The lowest BCUT2D eigenvalue weighted by Crippen LogP contribution is -2.11. The van der Waals surface area contributed by atoms with Crippen molar-refractivity contribution in [1.82, 2.24) is 0 Å². The van der Waals surface area contributed by atoms with Crippen molar-refractivity contribution in [3.8, 4) is 0 Å². The summed E-state index contributed by atoms with van der Waals surface area (Å²) in [6.45, 7) is 1.72. The molecule has 0 aliphatic carbocycles. The van der Waals surface area contributed by atoms with Crippen LogP contribution in [0, 0.1) is 5.92 Å². The van der Waals surface area contributed by atoms with Crippen LogP contribution in [0.15, 0.2) is 33.6 Å². The third-order valence-corrected chi connectivity index (χ3v) is 3.54. The van der Waals surface area contributed by atoms with Gasteiger partial charge in [-0.05, 0) is 24.3 Å². The second-order valence-corrected chi connectivity index (χ2v) is 5.01. The van der Waals surface area contributed by atoms with Crippen LogP contribution in [0.5, 0.6) is 0 Å². The fourth-order valence-electron chi connectivity index (χ4n) is 0.823. The van der Waals surface area contributed by atoms with Gasteiger partial charge in [-0.25, -0.2) is 0 Å². The van der Waals surface area contributed by atoms with Crippen LogP contribution in [-0.2, 0) is 4.79 Å². The van der Waals surface area contributed by atoms with E-state index in [1.807, 2.05) is 24.3 Å². The molecule has 0 spiro atoms. The van der Waals surface area contributed by atoms with Gasteiger partial charge >= 0.3 is 5.97 Å². The summed E-state index contributed by atoms with van der Waals surface area (Å²) in [6.07, 6.45) is 0. The van der Waals surface area contributed by atoms with E-state index in [4.69, 9.17) is 5.11 Å². The monoisotopic (exact) mass is 274 g/mol. The Kier molecular flexibility index (Phi) is 4.48. The summed E-state index contributed by atoms with van der Waals surface area (Å²) in [5.41, 5.74) is 0. The van der Waals surface area contributed by atoms with Crippen molar-refractivity contribution < 1.29 is 9.90 Å². The normalized spacial score (nSPS) is 12.4. The number of benzene rings is 1. The third kappa shape index (κ3) is 3.72. The molecule has 14 heavy (non-hydrogen) atoms. The Morgan fingerprint density at radius 1 is 1.50 bits per heavy atom. The molecule has 0 heterocycles. The van der Waals surface area contributed by atoms with E-state index in [0.717, 1.165) is 9.37 Å². The molecule has 1 unspecified atom stereocenters. The number of halogens is 1. The molecule has 1 N–H and O–H groups in total. The van der Waals surface area contributed by atoms with E-state index in [1.165, 1.54) is 0 Å². The highest BCUT2D eigenvalue weighted by Crippen LogP contribution is 2.22. The van der Waals surface area contributed by atoms with E-state index in [-0.39, 0.29) is 5.92 Å². The maximum Gasteiger partial charge on any atom is 0.307 e. The smallest absolute Gasteiger partial charge is 0.307 e. The van der Waals surface area contributed by atoms with Gasteiger partial charge in [-0.15, -0.1) is 11.8 Å². The second-order valence-electron chi connectivity index (χ2n) is 3.00. The quantitative estimate of drug-likeness (QED) is 0.857. The first-order chi connectivity index (χ1) is 6.59. The lowest BCUT2D eigenvalue weighted by atomic mass is 10.2. The summed E-state index contributed by atoms with van der Waals surface area (Å²) in [4.78, 5) is 11.7. The summed E-state index contributed by atoms with van der Waals surface area (Å²) >= 11 is 4.91. The van der Waals surface area contributed by atoms with E-state index in [2.05, 4.69) is 15.9 Å². The number of rotatable bonds is 4. The zero-order valence-electron chi connectivity index (χ0n) is 7.74. The SMILES string of the molecule is CC(CSc1ccc(Br)cc1)C(=O)O. The van der Waals surface area contributed by atoms with Crippen molar-refractivity contribution in [1.29, 1.82) is 0 Å². The molecule has 0 aromatic heterocycles. The van der Waals surface area contributed by atoms with E-state index in [1.54, 1.807) is 18.7 Å². The summed E-state index contributed by atoms with van der Waals surface area (Å²) in [5.74, 6) is -0.435. The Labute approximate surface area is 95.8 Å². The summed E-state index contributed by atoms with van der Waals surface area (Å²) < 4.78 is 1.04. The van der Waals surface area contributed by atoms with Crippen LogP contribution >= 0.6 is 27.7 Å². The van der Waals surface area contributed by atoms with Crippen LogP contribution in [0.3, 0.4) is 0 Å².